The predicted molar refractivity (Wildman–Crippen MR) is 83.0 cm³/mol. The molecular weight excluding hydrogens is 290 g/mol. The van der Waals surface area contributed by atoms with Crippen LogP contribution in [0.15, 0.2) is 24.3 Å². The molecule has 0 heterocycles. The molecule has 1 rings (SSSR count). The van der Waals surface area contributed by atoms with E-state index < -0.39 is 15.6 Å². The van der Waals surface area contributed by atoms with Gasteiger partial charge in [0.1, 0.15) is 0 Å². The lowest BCUT2D eigenvalue weighted by Crippen LogP contribution is -2.55. The summed E-state index contributed by atoms with van der Waals surface area (Å²) in [7, 11) is -3.57. The third-order valence-electron chi connectivity index (χ3n) is 3.68. The van der Waals surface area contributed by atoms with Gasteiger partial charge in [-0.2, -0.15) is 0 Å². The molecule has 0 radical (unpaired) electrons. The van der Waals surface area contributed by atoms with Crippen molar-refractivity contribution in [3.05, 3.63) is 35.4 Å². The Kier molecular flexibility index (Phi) is 5.49. The Morgan fingerprint density at radius 2 is 1.81 bits per heavy atom. The molecule has 1 amide bonds. The topological polar surface area (TPSA) is 115 Å². The number of rotatable bonds is 6. The van der Waals surface area contributed by atoms with Gasteiger partial charge in [-0.15, -0.1) is 0 Å². The van der Waals surface area contributed by atoms with E-state index >= 15 is 0 Å². The maximum absolute atomic E-state index is 12.2. The third kappa shape index (κ3) is 5.11. The standard InChI is InChI=1S/C14H23N3O3S/c1-10(2)14(3,9-15)17-13(18)12-6-4-11(5-7-12)8-21(16,19)20/h4-7,10H,8-9,15H2,1-3H3,(H,17,18)(H2,16,19,20). The van der Waals surface area contributed by atoms with E-state index in [1.165, 1.54) is 0 Å². The summed E-state index contributed by atoms with van der Waals surface area (Å²) in [6.07, 6.45) is 0. The minimum absolute atomic E-state index is 0.188. The van der Waals surface area contributed by atoms with Gasteiger partial charge in [0.2, 0.25) is 10.0 Å². The zero-order valence-corrected chi connectivity index (χ0v) is 13.4. The van der Waals surface area contributed by atoms with Crippen molar-refractivity contribution in [1.82, 2.24) is 5.32 Å². The van der Waals surface area contributed by atoms with E-state index in [9.17, 15) is 13.2 Å². The maximum Gasteiger partial charge on any atom is 0.251 e. The fourth-order valence-electron chi connectivity index (χ4n) is 1.75. The molecule has 0 fully saturated rings. The minimum atomic E-state index is -3.57. The first-order valence-corrected chi connectivity index (χ1v) is 8.41. The lowest BCUT2D eigenvalue weighted by atomic mass is 9.88. The molecule has 0 aliphatic rings. The summed E-state index contributed by atoms with van der Waals surface area (Å²) in [6.45, 7) is 6.20. The highest BCUT2D eigenvalue weighted by Crippen LogP contribution is 2.16. The average Bonchev–Trinajstić information content (AvgIpc) is 2.37. The van der Waals surface area contributed by atoms with Crippen molar-refractivity contribution in [3.8, 4) is 0 Å². The molecule has 1 unspecified atom stereocenters. The second-order valence-corrected chi connectivity index (χ2v) is 7.35. The number of hydrogen-bond acceptors (Lipinski definition) is 4. The number of nitrogens with two attached hydrogens (primary N) is 2. The number of carbonyl (C=O) groups excluding carboxylic acids is 1. The van der Waals surface area contributed by atoms with E-state index in [2.05, 4.69) is 5.32 Å². The normalized spacial score (nSPS) is 14.8. The van der Waals surface area contributed by atoms with Crippen LogP contribution in [-0.2, 0) is 15.8 Å². The van der Waals surface area contributed by atoms with Crippen molar-refractivity contribution < 1.29 is 13.2 Å². The van der Waals surface area contributed by atoms with Gasteiger partial charge in [-0.05, 0) is 30.5 Å². The molecule has 5 N–H and O–H groups in total. The van der Waals surface area contributed by atoms with E-state index in [1.54, 1.807) is 24.3 Å². The summed E-state index contributed by atoms with van der Waals surface area (Å²) >= 11 is 0. The largest absolute Gasteiger partial charge is 0.345 e. The Morgan fingerprint density at radius 3 is 2.19 bits per heavy atom. The SMILES string of the molecule is CC(C)C(C)(CN)NC(=O)c1ccc(CS(N)(=O)=O)cc1. The van der Waals surface area contributed by atoms with Crippen LogP contribution in [0.2, 0.25) is 0 Å². The second kappa shape index (κ2) is 6.55. The van der Waals surface area contributed by atoms with E-state index in [0.717, 1.165) is 0 Å². The molecule has 0 saturated carbocycles. The van der Waals surface area contributed by atoms with Crippen LogP contribution in [0.5, 0.6) is 0 Å². The molecule has 1 atom stereocenters. The fourth-order valence-corrected chi connectivity index (χ4v) is 2.40. The number of hydrogen-bond donors (Lipinski definition) is 3. The smallest absolute Gasteiger partial charge is 0.251 e. The fraction of sp³-hybridized carbons (Fsp3) is 0.500. The van der Waals surface area contributed by atoms with Crippen LogP contribution in [0.4, 0.5) is 0 Å². The molecule has 0 aliphatic heterocycles. The Bertz CT molecular complexity index is 596. The average molecular weight is 313 g/mol. The number of carbonyl (C=O) groups is 1. The molecule has 0 spiro atoms. The highest BCUT2D eigenvalue weighted by atomic mass is 32.2. The van der Waals surface area contributed by atoms with Gasteiger partial charge in [-0.3, -0.25) is 4.79 Å². The molecule has 0 aliphatic carbocycles. The quantitative estimate of drug-likeness (QED) is 0.712. The Labute approximate surface area is 126 Å². The molecule has 1 aromatic rings. The molecule has 118 valence electrons. The Hall–Kier alpha value is -1.44. The van der Waals surface area contributed by atoms with E-state index in [-0.39, 0.29) is 17.6 Å². The van der Waals surface area contributed by atoms with Gasteiger partial charge >= 0.3 is 0 Å². The summed E-state index contributed by atoms with van der Waals surface area (Å²) < 4.78 is 22.0. The maximum atomic E-state index is 12.2. The second-order valence-electron chi connectivity index (χ2n) is 5.73. The Morgan fingerprint density at radius 1 is 1.29 bits per heavy atom. The van der Waals surface area contributed by atoms with Gasteiger partial charge < -0.3 is 11.1 Å². The molecule has 0 bridgehead atoms. The summed E-state index contributed by atoms with van der Waals surface area (Å²) in [5.41, 5.74) is 6.24. The zero-order valence-electron chi connectivity index (χ0n) is 12.6. The number of nitrogens with one attached hydrogen (secondary N) is 1. The van der Waals surface area contributed by atoms with Crippen LogP contribution in [-0.4, -0.2) is 26.4 Å². The van der Waals surface area contributed by atoms with Crippen molar-refractivity contribution in [2.75, 3.05) is 6.54 Å². The van der Waals surface area contributed by atoms with Crippen molar-refractivity contribution >= 4 is 15.9 Å². The third-order valence-corrected chi connectivity index (χ3v) is 4.42. The summed E-state index contributed by atoms with van der Waals surface area (Å²) in [6, 6.07) is 6.31. The number of primary sulfonamides is 1. The molecule has 21 heavy (non-hydrogen) atoms. The highest BCUT2D eigenvalue weighted by Gasteiger charge is 2.28. The first-order valence-electron chi connectivity index (χ1n) is 6.69. The molecule has 7 heteroatoms. The molecule has 6 nitrogen and oxygen atoms in total. The molecule has 0 saturated heterocycles. The first kappa shape index (κ1) is 17.6. The van der Waals surface area contributed by atoms with Gasteiger partial charge in [-0.25, -0.2) is 13.6 Å². The molecule has 1 aromatic carbocycles. The number of benzene rings is 1. The van der Waals surface area contributed by atoms with Gasteiger partial charge in [0, 0.05) is 12.1 Å². The van der Waals surface area contributed by atoms with Gasteiger partial charge in [0.15, 0.2) is 0 Å². The van der Waals surface area contributed by atoms with Crippen LogP contribution < -0.4 is 16.2 Å². The highest BCUT2D eigenvalue weighted by molar-refractivity contribution is 7.88. The summed E-state index contributed by atoms with van der Waals surface area (Å²) in [5.74, 6) is -0.298. The summed E-state index contributed by atoms with van der Waals surface area (Å²) in [5, 5.41) is 7.90. The zero-order chi connectivity index (χ0) is 16.3. The van der Waals surface area contributed by atoms with Crippen molar-refractivity contribution in [2.45, 2.75) is 32.1 Å². The van der Waals surface area contributed by atoms with E-state index in [4.69, 9.17) is 10.9 Å². The van der Waals surface area contributed by atoms with Crippen LogP contribution in [0.3, 0.4) is 0 Å². The van der Waals surface area contributed by atoms with Gasteiger partial charge in [-0.1, -0.05) is 26.0 Å². The Balaban J connectivity index is 2.85. The van der Waals surface area contributed by atoms with Gasteiger partial charge in [0.25, 0.3) is 5.91 Å². The number of amides is 1. The lowest BCUT2D eigenvalue weighted by molar-refractivity contribution is 0.0883. The molecular formula is C14H23N3O3S. The monoisotopic (exact) mass is 313 g/mol. The van der Waals surface area contributed by atoms with Gasteiger partial charge in [0.05, 0.1) is 11.3 Å². The van der Waals surface area contributed by atoms with Crippen LogP contribution >= 0.6 is 0 Å². The van der Waals surface area contributed by atoms with E-state index in [0.29, 0.717) is 17.7 Å². The van der Waals surface area contributed by atoms with Crippen molar-refractivity contribution in [1.29, 1.82) is 0 Å². The lowest BCUT2D eigenvalue weighted by Gasteiger charge is -2.33. The minimum Gasteiger partial charge on any atom is -0.345 e. The summed E-state index contributed by atoms with van der Waals surface area (Å²) in [4.78, 5) is 12.2. The van der Waals surface area contributed by atoms with Crippen molar-refractivity contribution in [3.63, 3.8) is 0 Å². The van der Waals surface area contributed by atoms with Crippen LogP contribution in [0.1, 0.15) is 36.7 Å². The first-order chi connectivity index (χ1) is 9.57. The van der Waals surface area contributed by atoms with Crippen LogP contribution in [0.25, 0.3) is 0 Å². The molecule has 0 aromatic heterocycles. The number of sulfonamides is 1. The van der Waals surface area contributed by atoms with E-state index in [1.807, 2.05) is 20.8 Å². The van der Waals surface area contributed by atoms with Crippen LogP contribution in [0, 0.1) is 5.92 Å². The predicted octanol–water partition coefficient (Wildman–Crippen LogP) is 0.578. The van der Waals surface area contributed by atoms with Crippen molar-refractivity contribution in [2.24, 2.45) is 16.8 Å².